The summed E-state index contributed by atoms with van der Waals surface area (Å²) in [5, 5.41) is 0.546. The molecule has 7 nitrogen and oxygen atoms in total. The maximum atomic E-state index is 12.5. The second kappa shape index (κ2) is 8.57. The first-order chi connectivity index (χ1) is 13.2. The molecule has 1 amide bonds. The van der Waals surface area contributed by atoms with Gasteiger partial charge in [-0.25, -0.2) is 4.79 Å². The number of amides is 1. The number of fused-ring (bicyclic) bond motifs is 1. The number of carbonyl (C=O) groups excluding carboxylic acids is 2. The maximum absolute atomic E-state index is 12.5. The van der Waals surface area contributed by atoms with Crippen LogP contribution in [0.1, 0.15) is 44.7 Å². The molecule has 1 aromatic carbocycles. The number of hydrogen-bond donors (Lipinski definition) is 0. The van der Waals surface area contributed by atoms with Gasteiger partial charge in [0.15, 0.2) is 6.79 Å². The van der Waals surface area contributed by atoms with Crippen LogP contribution in [0.25, 0.3) is 0 Å². The van der Waals surface area contributed by atoms with Crippen LogP contribution in [0.2, 0.25) is 5.02 Å². The Morgan fingerprint density at radius 1 is 1.25 bits per heavy atom. The van der Waals surface area contributed by atoms with Gasteiger partial charge in [-0.1, -0.05) is 11.6 Å². The van der Waals surface area contributed by atoms with Gasteiger partial charge in [0.1, 0.15) is 18.0 Å². The molecule has 0 aliphatic carbocycles. The molecule has 0 radical (unpaired) electrons. The second-order valence-electron chi connectivity index (χ2n) is 8.01. The lowest BCUT2D eigenvalue weighted by Gasteiger charge is -2.32. The molecular formula is C20H26ClNO6. The van der Waals surface area contributed by atoms with Crippen molar-refractivity contribution in [2.75, 3.05) is 19.9 Å². The number of hydrogen-bond acceptors (Lipinski definition) is 6. The van der Waals surface area contributed by atoms with Gasteiger partial charge in [0.05, 0.1) is 12.5 Å². The van der Waals surface area contributed by atoms with Crippen molar-refractivity contribution in [3.05, 3.63) is 28.3 Å². The van der Waals surface area contributed by atoms with E-state index in [2.05, 4.69) is 0 Å². The molecular weight excluding hydrogens is 386 g/mol. The Morgan fingerprint density at radius 2 is 1.96 bits per heavy atom. The first-order valence-corrected chi connectivity index (χ1v) is 9.77. The van der Waals surface area contributed by atoms with E-state index in [1.165, 1.54) is 0 Å². The van der Waals surface area contributed by atoms with Crippen molar-refractivity contribution in [3.8, 4) is 5.75 Å². The molecule has 2 heterocycles. The average Bonchev–Trinajstić information content (AvgIpc) is 2.64. The van der Waals surface area contributed by atoms with E-state index in [0.29, 0.717) is 43.3 Å². The van der Waals surface area contributed by atoms with Crippen molar-refractivity contribution in [2.45, 2.75) is 52.4 Å². The molecule has 2 aliphatic rings. The number of piperidine rings is 1. The summed E-state index contributed by atoms with van der Waals surface area (Å²) in [5.74, 6) is 0.158. The lowest BCUT2D eigenvalue weighted by atomic mass is 9.97. The van der Waals surface area contributed by atoms with Crippen LogP contribution in [0, 0.1) is 5.92 Å². The molecule has 0 atom stereocenters. The molecule has 0 bridgehead atoms. The molecule has 0 spiro atoms. The number of ether oxygens (including phenoxy) is 4. The third kappa shape index (κ3) is 5.29. The maximum Gasteiger partial charge on any atom is 0.410 e. The highest BCUT2D eigenvalue weighted by atomic mass is 35.5. The highest BCUT2D eigenvalue weighted by molar-refractivity contribution is 6.30. The van der Waals surface area contributed by atoms with Crippen molar-refractivity contribution >= 4 is 23.7 Å². The first kappa shape index (κ1) is 20.7. The Balaban J connectivity index is 1.52. The Labute approximate surface area is 169 Å². The number of likely N-dealkylation sites (tertiary alicyclic amines) is 1. The van der Waals surface area contributed by atoms with Crippen LogP contribution < -0.4 is 4.74 Å². The molecule has 154 valence electrons. The van der Waals surface area contributed by atoms with Crippen molar-refractivity contribution in [2.24, 2.45) is 5.92 Å². The Bertz CT molecular complexity index is 737. The minimum Gasteiger partial charge on any atom is -0.467 e. The van der Waals surface area contributed by atoms with E-state index in [1.807, 2.05) is 20.8 Å². The normalized spacial score (nSPS) is 17.5. The van der Waals surface area contributed by atoms with Crippen LogP contribution in [0.4, 0.5) is 4.79 Å². The monoisotopic (exact) mass is 411 g/mol. The molecule has 0 N–H and O–H groups in total. The van der Waals surface area contributed by atoms with Crippen LogP contribution in [-0.4, -0.2) is 42.4 Å². The summed E-state index contributed by atoms with van der Waals surface area (Å²) >= 11 is 6.14. The van der Waals surface area contributed by atoms with Gasteiger partial charge < -0.3 is 23.8 Å². The highest BCUT2D eigenvalue weighted by Gasteiger charge is 2.31. The molecule has 0 aromatic heterocycles. The lowest BCUT2D eigenvalue weighted by Crippen LogP contribution is -2.43. The molecule has 0 unspecified atom stereocenters. The van der Waals surface area contributed by atoms with Crippen molar-refractivity contribution < 1.29 is 28.5 Å². The number of benzene rings is 1. The number of halogens is 1. The van der Waals surface area contributed by atoms with Gasteiger partial charge in [0.2, 0.25) is 0 Å². The first-order valence-electron chi connectivity index (χ1n) is 9.39. The van der Waals surface area contributed by atoms with E-state index in [4.69, 9.17) is 30.5 Å². The topological polar surface area (TPSA) is 74.3 Å². The van der Waals surface area contributed by atoms with E-state index in [1.54, 1.807) is 17.0 Å². The molecule has 2 aliphatic heterocycles. The minimum absolute atomic E-state index is 0.0913. The van der Waals surface area contributed by atoms with Crippen molar-refractivity contribution in [3.63, 3.8) is 0 Å². The van der Waals surface area contributed by atoms with Crippen LogP contribution in [0.3, 0.4) is 0 Å². The van der Waals surface area contributed by atoms with Gasteiger partial charge in [-0.2, -0.15) is 0 Å². The van der Waals surface area contributed by atoms with Gasteiger partial charge in [0, 0.05) is 29.2 Å². The zero-order chi connectivity index (χ0) is 20.3. The van der Waals surface area contributed by atoms with Crippen LogP contribution in [-0.2, 0) is 32.2 Å². The van der Waals surface area contributed by atoms with Gasteiger partial charge in [-0.15, -0.1) is 0 Å². The summed E-state index contributed by atoms with van der Waals surface area (Å²) in [6, 6.07) is 3.53. The quantitative estimate of drug-likeness (QED) is 0.702. The molecule has 1 fully saturated rings. The summed E-state index contributed by atoms with van der Waals surface area (Å²) in [6.07, 6.45) is 0.760. The smallest absolute Gasteiger partial charge is 0.410 e. The van der Waals surface area contributed by atoms with Crippen LogP contribution >= 0.6 is 11.6 Å². The summed E-state index contributed by atoms with van der Waals surface area (Å²) in [5.41, 5.74) is 1.04. The summed E-state index contributed by atoms with van der Waals surface area (Å²) in [6.45, 7) is 7.12. The fraction of sp³-hybridized carbons (Fsp3) is 0.600. The van der Waals surface area contributed by atoms with Crippen molar-refractivity contribution in [1.82, 2.24) is 4.90 Å². The van der Waals surface area contributed by atoms with E-state index in [0.717, 1.165) is 11.1 Å². The fourth-order valence-electron chi connectivity index (χ4n) is 3.25. The van der Waals surface area contributed by atoms with Gasteiger partial charge in [-0.05, 0) is 45.7 Å². The largest absolute Gasteiger partial charge is 0.467 e. The molecule has 28 heavy (non-hydrogen) atoms. The van der Waals surface area contributed by atoms with E-state index >= 15 is 0 Å². The Hall–Kier alpha value is -1.99. The molecule has 3 rings (SSSR count). The number of nitrogens with zero attached hydrogens (tertiary/aromatic N) is 1. The predicted molar refractivity (Wildman–Crippen MR) is 102 cm³/mol. The third-order valence-electron chi connectivity index (χ3n) is 4.60. The SMILES string of the molecule is CC(C)(C)OC(=O)N1CCC(C(=O)OCc2cc(Cl)cc3c2OCOC3)CC1. The standard InChI is InChI=1S/C20H26ClNO6/c1-20(2,3)28-19(24)22-6-4-13(5-7-22)18(23)26-11-15-9-16(21)8-14-10-25-12-27-17(14)15/h8-9,13H,4-7,10-12H2,1-3H3. The van der Waals surface area contributed by atoms with E-state index in [9.17, 15) is 9.59 Å². The highest BCUT2D eigenvalue weighted by Crippen LogP contribution is 2.32. The Kier molecular flexibility index (Phi) is 6.35. The lowest BCUT2D eigenvalue weighted by molar-refractivity contribution is -0.151. The summed E-state index contributed by atoms with van der Waals surface area (Å²) in [7, 11) is 0. The molecule has 0 saturated carbocycles. The summed E-state index contributed by atoms with van der Waals surface area (Å²) < 4.78 is 21.7. The number of esters is 1. The minimum atomic E-state index is -0.532. The summed E-state index contributed by atoms with van der Waals surface area (Å²) in [4.78, 5) is 26.2. The number of rotatable bonds is 3. The zero-order valence-corrected chi connectivity index (χ0v) is 17.2. The van der Waals surface area contributed by atoms with E-state index < -0.39 is 5.60 Å². The third-order valence-corrected chi connectivity index (χ3v) is 4.82. The molecule has 8 heteroatoms. The van der Waals surface area contributed by atoms with Gasteiger partial charge in [-0.3, -0.25) is 4.79 Å². The molecule has 1 aromatic rings. The Morgan fingerprint density at radius 3 is 2.64 bits per heavy atom. The average molecular weight is 412 g/mol. The van der Waals surface area contributed by atoms with Crippen molar-refractivity contribution in [1.29, 1.82) is 0 Å². The van der Waals surface area contributed by atoms with Gasteiger partial charge in [0.25, 0.3) is 0 Å². The van der Waals surface area contributed by atoms with Gasteiger partial charge >= 0.3 is 12.1 Å². The van der Waals surface area contributed by atoms with Crippen LogP contribution in [0.15, 0.2) is 12.1 Å². The fourth-order valence-corrected chi connectivity index (χ4v) is 3.52. The van der Waals surface area contributed by atoms with E-state index in [-0.39, 0.29) is 31.4 Å². The van der Waals surface area contributed by atoms with Crippen LogP contribution in [0.5, 0.6) is 5.75 Å². The number of carbonyl (C=O) groups is 2. The second-order valence-corrected chi connectivity index (χ2v) is 8.45. The zero-order valence-electron chi connectivity index (χ0n) is 16.5. The predicted octanol–water partition coefficient (Wildman–Crippen LogP) is 3.90. The molecule has 1 saturated heterocycles.